The minimum absolute atomic E-state index is 0.349. The minimum Gasteiger partial charge on any atom is -0.327 e. The van der Waals surface area contributed by atoms with Gasteiger partial charge in [0.1, 0.15) is 0 Å². The predicted octanol–water partition coefficient (Wildman–Crippen LogP) is 2.73. The molecule has 0 aromatic carbocycles. The lowest BCUT2D eigenvalue weighted by atomic mass is 9.85. The van der Waals surface area contributed by atoms with Crippen molar-refractivity contribution in [2.45, 2.75) is 53.0 Å². The van der Waals surface area contributed by atoms with Gasteiger partial charge in [-0.3, -0.25) is 0 Å². The Kier molecular flexibility index (Phi) is 4.81. The molecule has 0 aliphatic heterocycles. The van der Waals surface area contributed by atoms with Crippen LogP contribution < -0.4 is 5.73 Å². The lowest BCUT2D eigenvalue weighted by Crippen LogP contribution is -2.42. The molecule has 0 aromatic heterocycles. The van der Waals surface area contributed by atoms with Gasteiger partial charge in [0, 0.05) is 19.1 Å². The molecule has 0 spiro atoms. The van der Waals surface area contributed by atoms with Crippen molar-refractivity contribution < 1.29 is 0 Å². The van der Waals surface area contributed by atoms with E-state index in [1.165, 1.54) is 32.4 Å². The van der Waals surface area contributed by atoms with E-state index in [-0.39, 0.29) is 0 Å². The van der Waals surface area contributed by atoms with Gasteiger partial charge in [-0.2, -0.15) is 0 Å². The Balaban J connectivity index is 2.38. The van der Waals surface area contributed by atoms with Gasteiger partial charge >= 0.3 is 0 Å². The Morgan fingerprint density at radius 2 is 2.06 bits per heavy atom. The number of rotatable bonds is 5. The van der Waals surface area contributed by atoms with E-state index >= 15 is 0 Å². The molecule has 1 fully saturated rings. The average Bonchev–Trinajstić information content (AvgIpc) is 2.45. The standard InChI is InChI=1S/C14H30N2/c1-6-11(2)9-16(5)10-12-7-8-14(3,4)13(12)15/h11-13H,6-10,15H2,1-5H3. The summed E-state index contributed by atoms with van der Waals surface area (Å²) >= 11 is 0. The molecular formula is C14H30N2. The van der Waals surface area contributed by atoms with Crippen molar-refractivity contribution >= 4 is 0 Å². The summed E-state index contributed by atoms with van der Waals surface area (Å²) in [6, 6.07) is 0.381. The molecule has 2 heteroatoms. The lowest BCUT2D eigenvalue weighted by Gasteiger charge is -2.30. The van der Waals surface area contributed by atoms with E-state index in [0.717, 1.165) is 5.92 Å². The molecule has 2 N–H and O–H groups in total. The molecule has 0 bridgehead atoms. The third-order valence-electron chi connectivity index (χ3n) is 4.44. The van der Waals surface area contributed by atoms with E-state index in [2.05, 4.69) is 39.6 Å². The monoisotopic (exact) mass is 226 g/mol. The van der Waals surface area contributed by atoms with E-state index in [0.29, 0.717) is 17.4 Å². The molecule has 1 rings (SSSR count). The topological polar surface area (TPSA) is 29.3 Å². The van der Waals surface area contributed by atoms with Gasteiger partial charge in [-0.1, -0.05) is 34.1 Å². The maximum atomic E-state index is 6.34. The van der Waals surface area contributed by atoms with Crippen molar-refractivity contribution in [1.82, 2.24) is 4.90 Å². The Bertz CT molecular complexity index is 213. The Morgan fingerprint density at radius 1 is 1.44 bits per heavy atom. The maximum Gasteiger partial charge on any atom is 0.0131 e. The van der Waals surface area contributed by atoms with Crippen LogP contribution in [0.3, 0.4) is 0 Å². The zero-order valence-corrected chi connectivity index (χ0v) is 11.8. The average molecular weight is 226 g/mol. The van der Waals surface area contributed by atoms with Crippen LogP contribution in [-0.4, -0.2) is 31.1 Å². The minimum atomic E-state index is 0.349. The zero-order chi connectivity index (χ0) is 12.3. The number of nitrogens with zero attached hydrogens (tertiary/aromatic N) is 1. The lowest BCUT2D eigenvalue weighted by molar-refractivity contribution is 0.213. The smallest absolute Gasteiger partial charge is 0.0131 e. The maximum absolute atomic E-state index is 6.34. The summed E-state index contributed by atoms with van der Waals surface area (Å²) in [6.07, 6.45) is 3.86. The fourth-order valence-corrected chi connectivity index (χ4v) is 2.88. The first kappa shape index (κ1) is 14.0. The van der Waals surface area contributed by atoms with Crippen LogP contribution in [0.5, 0.6) is 0 Å². The van der Waals surface area contributed by atoms with E-state index in [4.69, 9.17) is 5.73 Å². The highest BCUT2D eigenvalue weighted by molar-refractivity contribution is 4.94. The van der Waals surface area contributed by atoms with Gasteiger partial charge in [-0.15, -0.1) is 0 Å². The van der Waals surface area contributed by atoms with E-state index in [1.54, 1.807) is 0 Å². The molecule has 0 heterocycles. The van der Waals surface area contributed by atoms with Gasteiger partial charge in [0.2, 0.25) is 0 Å². The summed E-state index contributed by atoms with van der Waals surface area (Å²) in [5, 5.41) is 0. The van der Waals surface area contributed by atoms with Gasteiger partial charge in [0.15, 0.2) is 0 Å². The van der Waals surface area contributed by atoms with Crippen LogP contribution in [0.2, 0.25) is 0 Å². The summed E-state index contributed by atoms with van der Waals surface area (Å²) < 4.78 is 0. The number of hydrogen-bond donors (Lipinski definition) is 1. The van der Waals surface area contributed by atoms with Gasteiger partial charge < -0.3 is 10.6 Å². The molecule has 3 atom stereocenters. The third-order valence-corrected chi connectivity index (χ3v) is 4.44. The molecule has 0 amide bonds. The van der Waals surface area contributed by atoms with Gasteiger partial charge in [-0.05, 0) is 37.1 Å². The first-order valence-electron chi connectivity index (χ1n) is 6.81. The van der Waals surface area contributed by atoms with Gasteiger partial charge in [0.05, 0.1) is 0 Å². The second kappa shape index (κ2) is 5.50. The summed E-state index contributed by atoms with van der Waals surface area (Å²) in [6.45, 7) is 11.6. The largest absolute Gasteiger partial charge is 0.327 e. The summed E-state index contributed by atoms with van der Waals surface area (Å²) in [4.78, 5) is 2.47. The van der Waals surface area contributed by atoms with E-state index in [9.17, 15) is 0 Å². The van der Waals surface area contributed by atoms with Crippen LogP contribution >= 0.6 is 0 Å². The van der Waals surface area contributed by atoms with Gasteiger partial charge in [-0.25, -0.2) is 0 Å². The molecule has 96 valence electrons. The van der Waals surface area contributed by atoms with Crippen molar-refractivity contribution in [2.75, 3.05) is 20.1 Å². The Hall–Kier alpha value is -0.0800. The van der Waals surface area contributed by atoms with Crippen LogP contribution in [0.15, 0.2) is 0 Å². The Labute approximate surface area is 102 Å². The molecule has 1 aliphatic rings. The van der Waals surface area contributed by atoms with Crippen LogP contribution in [0.4, 0.5) is 0 Å². The van der Waals surface area contributed by atoms with Crippen molar-refractivity contribution in [3.63, 3.8) is 0 Å². The van der Waals surface area contributed by atoms with Crippen molar-refractivity contribution in [1.29, 1.82) is 0 Å². The SMILES string of the molecule is CCC(C)CN(C)CC1CCC(C)(C)C1N. The highest BCUT2D eigenvalue weighted by Crippen LogP contribution is 2.40. The second-order valence-corrected chi connectivity index (χ2v) is 6.55. The van der Waals surface area contributed by atoms with Crippen LogP contribution in [0, 0.1) is 17.3 Å². The third kappa shape index (κ3) is 3.46. The summed E-state index contributed by atoms with van der Waals surface area (Å²) in [7, 11) is 2.24. The summed E-state index contributed by atoms with van der Waals surface area (Å²) in [5.41, 5.74) is 6.69. The zero-order valence-electron chi connectivity index (χ0n) is 11.8. The molecule has 16 heavy (non-hydrogen) atoms. The fourth-order valence-electron chi connectivity index (χ4n) is 2.88. The second-order valence-electron chi connectivity index (χ2n) is 6.55. The Morgan fingerprint density at radius 3 is 2.50 bits per heavy atom. The summed E-state index contributed by atoms with van der Waals surface area (Å²) in [5.74, 6) is 1.50. The first-order chi connectivity index (χ1) is 7.36. The van der Waals surface area contributed by atoms with E-state index < -0.39 is 0 Å². The number of nitrogens with two attached hydrogens (primary N) is 1. The number of hydrogen-bond acceptors (Lipinski definition) is 2. The van der Waals surface area contributed by atoms with E-state index in [1.807, 2.05) is 0 Å². The van der Waals surface area contributed by atoms with Gasteiger partial charge in [0.25, 0.3) is 0 Å². The highest BCUT2D eigenvalue weighted by Gasteiger charge is 2.39. The van der Waals surface area contributed by atoms with Crippen LogP contribution in [-0.2, 0) is 0 Å². The highest BCUT2D eigenvalue weighted by atomic mass is 15.1. The fraction of sp³-hybridized carbons (Fsp3) is 1.00. The quantitative estimate of drug-likeness (QED) is 0.781. The van der Waals surface area contributed by atoms with Crippen molar-refractivity contribution in [3.05, 3.63) is 0 Å². The van der Waals surface area contributed by atoms with Crippen LogP contribution in [0.25, 0.3) is 0 Å². The molecule has 1 saturated carbocycles. The molecule has 1 aliphatic carbocycles. The molecule has 0 radical (unpaired) electrons. The normalized spacial score (nSPS) is 30.9. The molecule has 0 aromatic rings. The molecule has 3 unspecified atom stereocenters. The molecule has 2 nitrogen and oxygen atoms in total. The molecular weight excluding hydrogens is 196 g/mol. The van der Waals surface area contributed by atoms with Crippen molar-refractivity contribution in [2.24, 2.45) is 23.0 Å². The predicted molar refractivity (Wildman–Crippen MR) is 71.4 cm³/mol. The van der Waals surface area contributed by atoms with Crippen LogP contribution in [0.1, 0.15) is 47.0 Å². The van der Waals surface area contributed by atoms with Crippen molar-refractivity contribution in [3.8, 4) is 0 Å². The molecule has 0 saturated heterocycles. The first-order valence-corrected chi connectivity index (χ1v) is 6.81.